The standard InChI is InChI=1S/C13H24N2OS2/c1-14-5-2-11-3-6-15(7-4-11)13(16)12-10-17-8-9-18-12/h11-12,14H,2-10H2,1H3. The smallest absolute Gasteiger partial charge is 0.236 e. The number of piperidine rings is 1. The summed E-state index contributed by atoms with van der Waals surface area (Å²) in [4.78, 5) is 14.5. The van der Waals surface area contributed by atoms with Crippen LogP contribution in [0.3, 0.4) is 0 Å². The van der Waals surface area contributed by atoms with Crippen molar-refractivity contribution in [1.82, 2.24) is 10.2 Å². The molecule has 0 bridgehead atoms. The Kier molecular flexibility index (Phi) is 6.18. The lowest BCUT2D eigenvalue weighted by Crippen LogP contribution is -2.44. The Bertz CT molecular complexity index is 262. The summed E-state index contributed by atoms with van der Waals surface area (Å²) in [6.07, 6.45) is 3.64. The zero-order chi connectivity index (χ0) is 12.8. The third-order valence-corrected chi connectivity index (χ3v) is 6.56. The van der Waals surface area contributed by atoms with Crippen LogP contribution in [-0.2, 0) is 4.79 Å². The van der Waals surface area contributed by atoms with Gasteiger partial charge in [-0.3, -0.25) is 4.79 Å². The molecule has 2 rings (SSSR count). The molecule has 1 amide bonds. The van der Waals surface area contributed by atoms with Crippen molar-refractivity contribution >= 4 is 29.4 Å². The molecule has 3 nitrogen and oxygen atoms in total. The molecular formula is C13H24N2OS2. The molecule has 0 saturated carbocycles. The summed E-state index contributed by atoms with van der Waals surface area (Å²) in [6, 6.07) is 0. The highest BCUT2D eigenvalue weighted by Gasteiger charge is 2.29. The molecule has 0 radical (unpaired) electrons. The fraction of sp³-hybridized carbons (Fsp3) is 0.923. The molecule has 1 unspecified atom stereocenters. The fourth-order valence-corrected chi connectivity index (χ4v) is 5.25. The van der Waals surface area contributed by atoms with Crippen molar-refractivity contribution in [3.8, 4) is 0 Å². The van der Waals surface area contributed by atoms with Crippen LogP contribution < -0.4 is 5.32 Å². The Balaban J connectivity index is 1.73. The molecule has 0 aliphatic carbocycles. The summed E-state index contributed by atoms with van der Waals surface area (Å²) >= 11 is 3.79. The van der Waals surface area contributed by atoms with Crippen molar-refractivity contribution in [3.05, 3.63) is 0 Å². The van der Waals surface area contributed by atoms with Crippen molar-refractivity contribution in [2.75, 3.05) is 43.9 Å². The first-order valence-electron chi connectivity index (χ1n) is 6.94. The molecule has 104 valence electrons. The average molecular weight is 288 g/mol. The van der Waals surface area contributed by atoms with E-state index in [2.05, 4.69) is 10.2 Å². The minimum atomic E-state index is 0.234. The van der Waals surface area contributed by atoms with Crippen LogP contribution in [0.4, 0.5) is 0 Å². The summed E-state index contributed by atoms with van der Waals surface area (Å²) in [5, 5.41) is 3.45. The lowest BCUT2D eigenvalue weighted by Gasteiger charge is -2.34. The number of nitrogens with zero attached hydrogens (tertiary/aromatic N) is 1. The first kappa shape index (κ1) is 14.5. The summed E-state index contributed by atoms with van der Waals surface area (Å²) in [6.45, 7) is 3.07. The van der Waals surface area contributed by atoms with E-state index in [0.717, 1.165) is 37.1 Å². The molecule has 2 aliphatic rings. The van der Waals surface area contributed by atoms with Crippen LogP contribution in [0.2, 0.25) is 0 Å². The summed E-state index contributed by atoms with van der Waals surface area (Å²) < 4.78 is 0. The van der Waals surface area contributed by atoms with E-state index in [1.54, 1.807) is 0 Å². The van der Waals surface area contributed by atoms with E-state index in [4.69, 9.17) is 0 Å². The van der Waals surface area contributed by atoms with Crippen LogP contribution in [0.25, 0.3) is 0 Å². The highest BCUT2D eigenvalue weighted by Crippen LogP contribution is 2.27. The van der Waals surface area contributed by atoms with E-state index in [1.807, 2.05) is 30.6 Å². The molecular weight excluding hydrogens is 264 g/mol. The summed E-state index contributed by atoms with van der Waals surface area (Å²) in [5.41, 5.74) is 0. The first-order valence-corrected chi connectivity index (χ1v) is 9.14. The second-order valence-corrected chi connectivity index (χ2v) is 7.56. The normalized spacial score (nSPS) is 26.3. The molecule has 0 spiro atoms. The van der Waals surface area contributed by atoms with Gasteiger partial charge >= 0.3 is 0 Å². The third-order valence-electron chi connectivity index (χ3n) is 3.82. The number of carbonyl (C=O) groups is 1. The molecule has 18 heavy (non-hydrogen) atoms. The van der Waals surface area contributed by atoms with Crippen LogP contribution in [0.5, 0.6) is 0 Å². The molecule has 0 aromatic heterocycles. The van der Waals surface area contributed by atoms with Crippen molar-refractivity contribution in [2.24, 2.45) is 5.92 Å². The Morgan fingerprint density at radius 3 is 2.72 bits per heavy atom. The second kappa shape index (κ2) is 7.65. The number of hydrogen-bond acceptors (Lipinski definition) is 4. The lowest BCUT2D eigenvalue weighted by atomic mass is 9.93. The molecule has 2 heterocycles. The maximum Gasteiger partial charge on any atom is 0.236 e. The van der Waals surface area contributed by atoms with Gasteiger partial charge in [-0.25, -0.2) is 0 Å². The maximum absolute atomic E-state index is 12.4. The Hall–Kier alpha value is 0.130. The van der Waals surface area contributed by atoms with Crippen LogP contribution >= 0.6 is 23.5 Å². The number of amides is 1. The first-order chi connectivity index (χ1) is 8.81. The van der Waals surface area contributed by atoms with Gasteiger partial charge in [0.25, 0.3) is 0 Å². The van der Waals surface area contributed by atoms with Gasteiger partial charge < -0.3 is 10.2 Å². The van der Waals surface area contributed by atoms with Crippen LogP contribution in [-0.4, -0.2) is 60.0 Å². The van der Waals surface area contributed by atoms with E-state index >= 15 is 0 Å². The molecule has 2 aliphatic heterocycles. The van der Waals surface area contributed by atoms with Gasteiger partial charge in [0, 0.05) is 30.3 Å². The van der Waals surface area contributed by atoms with Gasteiger partial charge in [-0.15, -0.1) is 11.8 Å². The molecule has 0 aromatic rings. The fourth-order valence-electron chi connectivity index (χ4n) is 2.62. The number of nitrogens with one attached hydrogen (secondary N) is 1. The molecule has 1 N–H and O–H groups in total. The monoisotopic (exact) mass is 288 g/mol. The van der Waals surface area contributed by atoms with Gasteiger partial charge in [-0.2, -0.15) is 11.8 Å². The SMILES string of the molecule is CNCCC1CCN(C(=O)C2CSCCS2)CC1. The number of rotatable bonds is 4. The van der Waals surface area contributed by atoms with Gasteiger partial charge in [0.1, 0.15) is 0 Å². The highest BCUT2D eigenvalue weighted by atomic mass is 32.2. The molecule has 2 fully saturated rings. The largest absolute Gasteiger partial charge is 0.342 e. The van der Waals surface area contributed by atoms with E-state index in [0.29, 0.717) is 5.91 Å². The Morgan fingerprint density at radius 2 is 2.11 bits per heavy atom. The zero-order valence-corrected chi connectivity index (χ0v) is 12.8. The van der Waals surface area contributed by atoms with Crippen molar-refractivity contribution in [1.29, 1.82) is 0 Å². The Morgan fingerprint density at radius 1 is 1.33 bits per heavy atom. The number of hydrogen-bond donors (Lipinski definition) is 1. The van der Waals surface area contributed by atoms with Gasteiger partial charge in [0.2, 0.25) is 5.91 Å². The van der Waals surface area contributed by atoms with E-state index in [9.17, 15) is 4.79 Å². The van der Waals surface area contributed by atoms with Gasteiger partial charge in [0.05, 0.1) is 5.25 Å². The molecule has 2 saturated heterocycles. The van der Waals surface area contributed by atoms with E-state index in [1.165, 1.54) is 25.0 Å². The van der Waals surface area contributed by atoms with E-state index in [-0.39, 0.29) is 5.25 Å². The van der Waals surface area contributed by atoms with Crippen molar-refractivity contribution in [2.45, 2.75) is 24.5 Å². The predicted molar refractivity (Wildman–Crippen MR) is 81.4 cm³/mol. The van der Waals surface area contributed by atoms with E-state index < -0.39 is 0 Å². The van der Waals surface area contributed by atoms with Gasteiger partial charge in [-0.1, -0.05) is 0 Å². The molecule has 1 atom stereocenters. The van der Waals surface area contributed by atoms with Crippen LogP contribution in [0, 0.1) is 5.92 Å². The number of likely N-dealkylation sites (tertiary alicyclic amines) is 1. The van der Waals surface area contributed by atoms with Gasteiger partial charge in [0.15, 0.2) is 0 Å². The Labute approximate surface area is 119 Å². The quantitative estimate of drug-likeness (QED) is 0.853. The van der Waals surface area contributed by atoms with Crippen LogP contribution in [0.15, 0.2) is 0 Å². The minimum Gasteiger partial charge on any atom is -0.342 e. The third kappa shape index (κ3) is 4.07. The molecule has 5 heteroatoms. The number of carbonyl (C=O) groups excluding carboxylic acids is 1. The van der Waals surface area contributed by atoms with Crippen molar-refractivity contribution in [3.63, 3.8) is 0 Å². The zero-order valence-electron chi connectivity index (χ0n) is 11.2. The lowest BCUT2D eigenvalue weighted by molar-refractivity contribution is -0.131. The minimum absolute atomic E-state index is 0.234. The van der Waals surface area contributed by atoms with Gasteiger partial charge in [-0.05, 0) is 38.8 Å². The van der Waals surface area contributed by atoms with Crippen molar-refractivity contribution < 1.29 is 4.79 Å². The second-order valence-electron chi connectivity index (χ2n) is 5.10. The highest BCUT2D eigenvalue weighted by molar-refractivity contribution is 8.07. The molecule has 0 aromatic carbocycles. The predicted octanol–water partition coefficient (Wildman–Crippen LogP) is 1.68. The maximum atomic E-state index is 12.4. The average Bonchev–Trinajstić information content (AvgIpc) is 2.46. The van der Waals surface area contributed by atoms with Crippen LogP contribution in [0.1, 0.15) is 19.3 Å². The number of thioether (sulfide) groups is 2. The summed E-state index contributed by atoms with van der Waals surface area (Å²) in [5.74, 6) is 4.58. The topological polar surface area (TPSA) is 32.3 Å². The summed E-state index contributed by atoms with van der Waals surface area (Å²) in [7, 11) is 2.01.